The van der Waals surface area contributed by atoms with E-state index in [1.54, 1.807) is 18.1 Å². The van der Waals surface area contributed by atoms with E-state index < -0.39 is 0 Å². The van der Waals surface area contributed by atoms with Crippen LogP contribution in [0.25, 0.3) is 0 Å². The molecule has 0 unspecified atom stereocenters. The Labute approximate surface area is 121 Å². The number of hydrogen-bond donors (Lipinski definition) is 1. The van der Waals surface area contributed by atoms with Crippen LogP contribution in [0, 0.1) is 0 Å². The standard InChI is InChI=1S/C13H17N5OS/c1-3-6-11-16-17-12(20-11)15-13(19)18(2)9-10-7-4-5-8-14-10/h4-5,7-8H,3,6,9H2,1-2H3,(H,15,17,19). The molecular formula is C13H17N5OS. The average Bonchev–Trinajstić information content (AvgIpc) is 2.87. The minimum Gasteiger partial charge on any atom is -0.322 e. The van der Waals surface area contributed by atoms with E-state index in [0.29, 0.717) is 11.7 Å². The molecule has 0 aliphatic carbocycles. The van der Waals surface area contributed by atoms with Gasteiger partial charge >= 0.3 is 6.03 Å². The van der Waals surface area contributed by atoms with Crippen LogP contribution in [0.5, 0.6) is 0 Å². The number of carbonyl (C=O) groups excluding carboxylic acids is 1. The molecule has 2 rings (SSSR count). The summed E-state index contributed by atoms with van der Waals surface area (Å²) in [5.74, 6) is 0. The Kier molecular flexibility index (Phi) is 5.00. The molecule has 0 bridgehead atoms. The minimum atomic E-state index is -0.213. The number of rotatable bonds is 5. The summed E-state index contributed by atoms with van der Waals surface area (Å²) in [7, 11) is 1.72. The van der Waals surface area contributed by atoms with Crippen LogP contribution in [-0.4, -0.2) is 33.2 Å². The first-order valence-corrected chi connectivity index (χ1v) is 7.25. The number of urea groups is 1. The molecule has 0 spiro atoms. The molecule has 0 saturated heterocycles. The van der Waals surface area contributed by atoms with Crippen LogP contribution < -0.4 is 5.32 Å². The highest BCUT2D eigenvalue weighted by Gasteiger charge is 2.12. The van der Waals surface area contributed by atoms with Gasteiger partial charge in [-0.05, 0) is 18.6 Å². The summed E-state index contributed by atoms with van der Waals surface area (Å²) in [6.45, 7) is 2.54. The number of nitrogens with one attached hydrogen (secondary N) is 1. The van der Waals surface area contributed by atoms with E-state index in [1.807, 2.05) is 18.2 Å². The second-order valence-corrected chi connectivity index (χ2v) is 5.42. The van der Waals surface area contributed by atoms with Crippen LogP contribution in [0.4, 0.5) is 9.93 Å². The van der Waals surface area contributed by atoms with Crippen molar-refractivity contribution in [2.75, 3.05) is 12.4 Å². The van der Waals surface area contributed by atoms with E-state index in [9.17, 15) is 4.79 Å². The third-order valence-electron chi connectivity index (χ3n) is 2.62. The highest BCUT2D eigenvalue weighted by molar-refractivity contribution is 7.15. The molecule has 0 aliphatic rings. The van der Waals surface area contributed by atoms with Crippen molar-refractivity contribution < 1.29 is 4.79 Å². The predicted octanol–water partition coefficient (Wildman–Crippen LogP) is 2.55. The summed E-state index contributed by atoms with van der Waals surface area (Å²) in [4.78, 5) is 17.8. The molecule has 0 aliphatic heterocycles. The number of aryl methyl sites for hydroxylation is 1. The van der Waals surface area contributed by atoms with Gasteiger partial charge in [0.05, 0.1) is 12.2 Å². The van der Waals surface area contributed by atoms with E-state index >= 15 is 0 Å². The fraction of sp³-hybridized carbons (Fsp3) is 0.385. The van der Waals surface area contributed by atoms with Crippen LogP contribution in [0.3, 0.4) is 0 Å². The summed E-state index contributed by atoms with van der Waals surface area (Å²) in [6.07, 6.45) is 3.61. The summed E-state index contributed by atoms with van der Waals surface area (Å²) < 4.78 is 0. The quantitative estimate of drug-likeness (QED) is 0.919. The molecule has 20 heavy (non-hydrogen) atoms. The van der Waals surface area contributed by atoms with Gasteiger partial charge in [-0.3, -0.25) is 10.3 Å². The van der Waals surface area contributed by atoms with Crippen LogP contribution >= 0.6 is 11.3 Å². The fourth-order valence-corrected chi connectivity index (χ4v) is 2.44. The highest BCUT2D eigenvalue weighted by atomic mass is 32.1. The van der Waals surface area contributed by atoms with Gasteiger partial charge in [-0.2, -0.15) is 0 Å². The number of carbonyl (C=O) groups is 1. The first-order chi connectivity index (χ1) is 9.69. The zero-order chi connectivity index (χ0) is 14.4. The second kappa shape index (κ2) is 6.95. The molecule has 0 aromatic carbocycles. The third-order valence-corrected chi connectivity index (χ3v) is 3.52. The van der Waals surface area contributed by atoms with Gasteiger partial charge in [0.1, 0.15) is 5.01 Å². The lowest BCUT2D eigenvalue weighted by Gasteiger charge is -2.16. The van der Waals surface area contributed by atoms with Gasteiger partial charge in [-0.1, -0.05) is 24.3 Å². The lowest BCUT2D eigenvalue weighted by Crippen LogP contribution is -2.31. The maximum Gasteiger partial charge on any atom is 0.323 e. The predicted molar refractivity (Wildman–Crippen MR) is 78.6 cm³/mol. The SMILES string of the molecule is CCCc1nnc(NC(=O)N(C)Cc2ccccn2)s1. The zero-order valence-corrected chi connectivity index (χ0v) is 12.4. The first kappa shape index (κ1) is 14.4. The van der Waals surface area contributed by atoms with Crippen molar-refractivity contribution in [3.63, 3.8) is 0 Å². The normalized spacial score (nSPS) is 10.3. The topological polar surface area (TPSA) is 71.0 Å². The average molecular weight is 291 g/mol. The molecule has 7 heteroatoms. The maximum atomic E-state index is 12.0. The van der Waals surface area contributed by atoms with E-state index in [2.05, 4.69) is 27.4 Å². The molecule has 6 nitrogen and oxygen atoms in total. The zero-order valence-electron chi connectivity index (χ0n) is 11.5. The second-order valence-electron chi connectivity index (χ2n) is 4.36. The summed E-state index contributed by atoms with van der Waals surface area (Å²) >= 11 is 1.41. The van der Waals surface area contributed by atoms with Crippen molar-refractivity contribution in [3.8, 4) is 0 Å². The Morgan fingerprint density at radius 3 is 2.95 bits per heavy atom. The Morgan fingerprint density at radius 1 is 1.40 bits per heavy atom. The molecule has 0 saturated carbocycles. The van der Waals surface area contributed by atoms with Crippen LogP contribution in [0.1, 0.15) is 24.0 Å². The van der Waals surface area contributed by atoms with Crippen molar-refractivity contribution in [1.82, 2.24) is 20.1 Å². The van der Waals surface area contributed by atoms with Gasteiger partial charge in [-0.25, -0.2) is 4.79 Å². The fourth-order valence-electron chi connectivity index (χ4n) is 1.61. The van der Waals surface area contributed by atoms with Gasteiger partial charge < -0.3 is 4.90 Å². The van der Waals surface area contributed by atoms with Crippen LogP contribution in [-0.2, 0) is 13.0 Å². The van der Waals surface area contributed by atoms with E-state index in [-0.39, 0.29) is 6.03 Å². The third kappa shape index (κ3) is 3.99. The van der Waals surface area contributed by atoms with Gasteiger partial charge in [0.15, 0.2) is 0 Å². The number of aromatic nitrogens is 3. The number of amides is 2. The molecule has 2 aromatic rings. The molecular weight excluding hydrogens is 274 g/mol. The number of nitrogens with zero attached hydrogens (tertiary/aromatic N) is 4. The lowest BCUT2D eigenvalue weighted by atomic mass is 10.3. The van der Waals surface area contributed by atoms with Crippen LogP contribution in [0.15, 0.2) is 24.4 Å². The van der Waals surface area contributed by atoms with Crippen molar-refractivity contribution in [1.29, 1.82) is 0 Å². The van der Waals surface area contributed by atoms with Crippen molar-refractivity contribution in [2.24, 2.45) is 0 Å². The molecule has 0 atom stereocenters. The molecule has 0 fully saturated rings. The lowest BCUT2D eigenvalue weighted by molar-refractivity contribution is 0.220. The summed E-state index contributed by atoms with van der Waals surface area (Å²) in [6, 6.07) is 5.42. The maximum absolute atomic E-state index is 12.0. The molecule has 1 N–H and O–H groups in total. The number of hydrogen-bond acceptors (Lipinski definition) is 5. The van der Waals surface area contributed by atoms with Gasteiger partial charge in [0.25, 0.3) is 0 Å². The van der Waals surface area contributed by atoms with Crippen LogP contribution in [0.2, 0.25) is 0 Å². The van der Waals surface area contributed by atoms with Crippen molar-refractivity contribution in [3.05, 3.63) is 35.1 Å². The van der Waals surface area contributed by atoms with E-state index in [0.717, 1.165) is 23.5 Å². The Balaban J connectivity index is 1.90. The van der Waals surface area contributed by atoms with Gasteiger partial charge in [0, 0.05) is 19.7 Å². The summed E-state index contributed by atoms with van der Waals surface area (Å²) in [5.41, 5.74) is 0.842. The summed E-state index contributed by atoms with van der Waals surface area (Å²) in [5, 5.41) is 12.2. The number of anilines is 1. The largest absolute Gasteiger partial charge is 0.323 e. The smallest absolute Gasteiger partial charge is 0.322 e. The Hall–Kier alpha value is -2.02. The number of pyridine rings is 1. The highest BCUT2D eigenvalue weighted by Crippen LogP contribution is 2.17. The first-order valence-electron chi connectivity index (χ1n) is 6.43. The van der Waals surface area contributed by atoms with Crippen molar-refractivity contribution in [2.45, 2.75) is 26.3 Å². The molecule has 0 radical (unpaired) electrons. The van der Waals surface area contributed by atoms with Crippen molar-refractivity contribution >= 4 is 22.5 Å². The molecule has 106 valence electrons. The monoisotopic (exact) mass is 291 g/mol. The Bertz CT molecular complexity index is 557. The molecule has 2 amide bonds. The van der Waals surface area contributed by atoms with E-state index in [1.165, 1.54) is 11.3 Å². The van der Waals surface area contributed by atoms with Gasteiger partial charge in [-0.15, -0.1) is 10.2 Å². The van der Waals surface area contributed by atoms with E-state index in [4.69, 9.17) is 0 Å². The molecule has 2 heterocycles. The van der Waals surface area contributed by atoms with Gasteiger partial charge in [0.2, 0.25) is 5.13 Å². The molecule has 2 aromatic heterocycles. The Morgan fingerprint density at radius 2 is 2.25 bits per heavy atom. The minimum absolute atomic E-state index is 0.213.